The highest BCUT2D eigenvalue weighted by molar-refractivity contribution is 9.09. The lowest BCUT2D eigenvalue weighted by molar-refractivity contribution is 0.362. The first-order valence-corrected chi connectivity index (χ1v) is 11.9. The monoisotopic (exact) mass is 461 g/mol. The molecule has 7 heteroatoms. The maximum Gasteiger partial charge on any atom is 0.225 e. The fourth-order valence-corrected chi connectivity index (χ4v) is 5.74. The van der Waals surface area contributed by atoms with Gasteiger partial charge < -0.3 is 15.5 Å². The van der Waals surface area contributed by atoms with Gasteiger partial charge in [0.25, 0.3) is 0 Å². The number of rotatable bonds is 6. The van der Waals surface area contributed by atoms with Crippen molar-refractivity contribution in [1.82, 2.24) is 15.3 Å². The highest BCUT2D eigenvalue weighted by atomic mass is 79.9. The molecule has 1 saturated carbocycles. The van der Waals surface area contributed by atoms with Crippen LogP contribution in [0.15, 0.2) is 35.2 Å². The summed E-state index contributed by atoms with van der Waals surface area (Å²) in [4.78, 5) is 13.6. The minimum absolute atomic E-state index is 0.446. The Morgan fingerprint density at radius 3 is 2.57 bits per heavy atom. The maximum atomic E-state index is 4.78. The van der Waals surface area contributed by atoms with Crippen molar-refractivity contribution in [1.29, 1.82) is 0 Å². The summed E-state index contributed by atoms with van der Waals surface area (Å²) in [7, 11) is 4.07. The predicted molar refractivity (Wildman–Crippen MR) is 125 cm³/mol. The van der Waals surface area contributed by atoms with Gasteiger partial charge in [-0.3, -0.25) is 0 Å². The van der Waals surface area contributed by atoms with Crippen molar-refractivity contribution >= 4 is 50.4 Å². The van der Waals surface area contributed by atoms with E-state index in [0.717, 1.165) is 47.8 Å². The molecule has 5 nitrogen and oxygen atoms in total. The Kier molecular flexibility index (Phi) is 6.43. The fourth-order valence-electron chi connectivity index (χ4n) is 3.93. The Morgan fingerprint density at radius 2 is 1.86 bits per heavy atom. The summed E-state index contributed by atoms with van der Waals surface area (Å²) >= 11 is 5.63. The van der Waals surface area contributed by atoms with Gasteiger partial charge in [-0.1, -0.05) is 34.1 Å². The van der Waals surface area contributed by atoms with E-state index < -0.39 is 0 Å². The largest absolute Gasteiger partial charge is 0.362 e. The summed E-state index contributed by atoms with van der Waals surface area (Å²) in [6.45, 7) is 1.01. The van der Waals surface area contributed by atoms with Crippen molar-refractivity contribution in [3.63, 3.8) is 0 Å². The topological polar surface area (TPSA) is 53.1 Å². The van der Waals surface area contributed by atoms with Crippen LogP contribution in [0.5, 0.6) is 0 Å². The van der Waals surface area contributed by atoms with Crippen LogP contribution in [0.25, 0.3) is 10.9 Å². The molecule has 28 heavy (non-hydrogen) atoms. The van der Waals surface area contributed by atoms with E-state index in [9.17, 15) is 0 Å². The van der Waals surface area contributed by atoms with Crippen LogP contribution >= 0.6 is 27.7 Å². The molecule has 1 unspecified atom stereocenters. The summed E-state index contributed by atoms with van der Waals surface area (Å²) in [5, 5.41) is 8.43. The number of benzene rings is 1. The van der Waals surface area contributed by atoms with Gasteiger partial charge in [-0.05, 0) is 42.7 Å². The molecule has 1 aromatic carbocycles. The van der Waals surface area contributed by atoms with Gasteiger partial charge >= 0.3 is 0 Å². The zero-order chi connectivity index (χ0) is 19.5. The summed E-state index contributed by atoms with van der Waals surface area (Å²) in [6.07, 6.45) is 7.03. The van der Waals surface area contributed by atoms with Gasteiger partial charge in [0.05, 0.1) is 5.52 Å². The maximum absolute atomic E-state index is 4.78. The van der Waals surface area contributed by atoms with Crippen LogP contribution in [-0.4, -0.2) is 53.3 Å². The van der Waals surface area contributed by atoms with Crippen LogP contribution in [0, 0.1) is 0 Å². The second kappa shape index (κ2) is 9.01. The van der Waals surface area contributed by atoms with Crippen LogP contribution in [-0.2, 0) is 0 Å². The Morgan fingerprint density at radius 1 is 1.11 bits per heavy atom. The first-order valence-electron chi connectivity index (χ1n) is 10.00. The van der Waals surface area contributed by atoms with E-state index >= 15 is 0 Å². The third-order valence-corrected chi connectivity index (χ3v) is 7.62. The molecule has 4 rings (SSSR count). The number of alkyl halides is 1. The van der Waals surface area contributed by atoms with E-state index in [-0.39, 0.29) is 0 Å². The van der Waals surface area contributed by atoms with Crippen LogP contribution in [0.2, 0.25) is 0 Å². The van der Waals surface area contributed by atoms with Crippen LogP contribution < -0.4 is 15.5 Å². The van der Waals surface area contributed by atoms with Crippen LogP contribution in [0.3, 0.4) is 0 Å². The zero-order valence-electron chi connectivity index (χ0n) is 16.5. The number of halogens is 1. The Labute approximate surface area is 179 Å². The molecule has 2 aliphatic rings. The van der Waals surface area contributed by atoms with E-state index in [2.05, 4.69) is 49.7 Å². The quantitative estimate of drug-likeness (QED) is 0.621. The molecule has 0 amide bonds. The molecule has 150 valence electrons. The van der Waals surface area contributed by atoms with Gasteiger partial charge in [0.1, 0.15) is 5.82 Å². The minimum atomic E-state index is 0.446. The number of anilines is 2. The van der Waals surface area contributed by atoms with Gasteiger partial charge in [-0.25, -0.2) is 4.98 Å². The number of aromatic nitrogens is 2. The van der Waals surface area contributed by atoms with Crippen molar-refractivity contribution in [3.8, 4) is 0 Å². The lowest BCUT2D eigenvalue weighted by atomic mass is 9.91. The Bertz CT molecular complexity index is 848. The first kappa shape index (κ1) is 20.0. The molecule has 0 spiro atoms. The highest BCUT2D eigenvalue weighted by Gasteiger charge is 2.23. The predicted octanol–water partition coefficient (Wildman–Crippen LogP) is 4.40. The molecule has 1 fully saturated rings. The van der Waals surface area contributed by atoms with Gasteiger partial charge in [0.15, 0.2) is 0 Å². The first-order chi connectivity index (χ1) is 13.6. The van der Waals surface area contributed by atoms with Crippen molar-refractivity contribution in [3.05, 3.63) is 35.2 Å². The van der Waals surface area contributed by atoms with Gasteiger partial charge in [0.2, 0.25) is 5.95 Å². The normalized spacial score (nSPS) is 25.0. The molecule has 1 aromatic heterocycles. The zero-order valence-corrected chi connectivity index (χ0v) is 18.9. The van der Waals surface area contributed by atoms with Crippen molar-refractivity contribution in [2.45, 2.75) is 42.6 Å². The lowest BCUT2D eigenvalue weighted by Crippen LogP contribution is -2.37. The number of hydrogen-bond acceptors (Lipinski definition) is 6. The number of fused-ring (bicyclic) bond motifs is 1. The number of allylic oxidation sites excluding steroid dienone is 1. The second-order valence-corrected chi connectivity index (χ2v) is 10.1. The van der Waals surface area contributed by atoms with E-state index in [1.54, 1.807) is 0 Å². The number of para-hydroxylation sites is 1. The average molecular weight is 462 g/mol. The van der Waals surface area contributed by atoms with Crippen molar-refractivity contribution in [2.75, 3.05) is 36.6 Å². The highest BCUT2D eigenvalue weighted by Crippen LogP contribution is 2.30. The smallest absolute Gasteiger partial charge is 0.225 e. The molecule has 0 radical (unpaired) electrons. The Balaban J connectivity index is 1.34. The van der Waals surface area contributed by atoms with E-state index in [1.807, 2.05) is 38.0 Å². The molecule has 0 bridgehead atoms. The third-order valence-electron chi connectivity index (χ3n) is 5.43. The molecule has 0 saturated heterocycles. The Hall–Kier alpha value is -1.31. The number of hydrogen-bond donors (Lipinski definition) is 2. The van der Waals surface area contributed by atoms with Crippen LogP contribution in [0.1, 0.15) is 25.7 Å². The van der Waals surface area contributed by atoms with Gasteiger partial charge in [-0.2, -0.15) is 4.98 Å². The van der Waals surface area contributed by atoms with E-state index in [1.165, 1.54) is 17.7 Å². The third kappa shape index (κ3) is 4.81. The summed E-state index contributed by atoms with van der Waals surface area (Å²) in [6, 6.07) is 9.28. The number of nitrogens with zero attached hydrogens (tertiary/aromatic N) is 3. The fraction of sp³-hybridized carbons (Fsp3) is 0.524. The number of nitrogens with one attached hydrogen (secondary N) is 2. The molecule has 1 atom stereocenters. The summed E-state index contributed by atoms with van der Waals surface area (Å²) in [5.74, 6) is 2.87. The van der Waals surface area contributed by atoms with Gasteiger partial charge in [0, 0.05) is 48.7 Å². The van der Waals surface area contributed by atoms with Crippen molar-refractivity contribution in [2.24, 2.45) is 0 Å². The summed E-state index contributed by atoms with van der Waals surface area (Å²) in [5.41, 5.74) is 0.992. The minimum Gasteiger partial charge on any atom is -0.362 e. The molecular formula is C21H28BrN5S. The summed E-state index contributed by atoms with van der Waals surface area (Å²) < 4.78 is 0. The second-order valence-electron chi connectivity index (χ2n) is 7.82. The number of thioether (sulfide) groups is 1. The average Bonchev–Trinajstić information content (AvgIpc) is 3.12. The van der Waals surface area contributed by atoms with E-state index in [4.69, 9.17) is 9.97 Å². The van der Waals surface area contributed by atoms with Crippen LogP contribution in [0.4, 0.5) is 11.8 Å². The van der Waals surface area contributed by atoms with Crippen molar-refractivity contribution < 1.29 is 0 Å². The standard InChI is InChI=1S/C21H28BrN5S/c1-27(2)20-18-5-3-4-6-19(18)25-21(26-20)24-16-9-7-15(8-10-16)23-12-17-11-14(22)13-28-17/h3-6,11,14-16,23H,7-10,12-13H2,1-2H3,(H,24,25,26). The molecular weight excluding hydrogens is 434 g/mol. The molecule has 2 aromatic rings. The SMILES string of the molecule is CN(C)c1nc(NC2CCC(NCC3=CC(Br)CS3)CC2)nc2ccccc12. The molecule has 1 aliphatic heterocycles. The molecule has 1 aliphatic carbocycles. The molecule has 2 heterocycles. The molecule has 2 N–H and O–H groups in total. The van der Waals surface area contributed by atoms with Gasteiger partial charge in [-0.15, -0.1) is 11.8 Å². The van der Waals surface area contributed by atoms with E-state index in [0.29, 0.717) is 16.9 Å². The lowest BCUT2D eigenvalue weighted by Gasteiger charge is -2.30.